The number of hydrogen-bond donors (Lipinski definition) is 1. The summed E-state index contributed by atoms with van der Waals surface area (Å²) in [6.07, 6.45) is 0.795. The molecule has 0 aliphatic heterocycles. The molecule has 1 aromatic heterocycles. The molecule has 0 atom stereocenters. The van der Waals surface area contributed by atoms with Crippen molar-refractivity contribution in [3.05, 3.63) is 17.0 Å². The van der Waals surface area contributed by atoms with Crippen LogP contribution < -0.4 is 5.73 Å². The van der Waals surface area contributed by atoms with Crippen LogP contribution in [-0.4, -0.2) is 32.4 Å². The minimum atomic E-state index is -3.33. The molecule has 0 spiro atoms. The molecule has 0 amide bonds. The normalized spacial score (nSPS) is 12.2. The van der Waals surface area contributed by atoms with Crippen LogP contribution >= 0.6 is 11.3 Å². The SMILES string of the molecule is CCCN(CCN)S(=O)(=O)c1ccc(C)s1. The summed E-state index contributed by atoms with van der Waals surface area (Å²) in [6, 6.07) is 3.48. The van der Waals surface area contributed by atoms with Crippen LogP contribution in [0.4, 0.5) is 0 Å². The number of rotatable bonds is 6. The zero-order valence-electron chi connectivity index (χ0n) is 9.64. The molecular formula is C10H18N2O2S2. The Bertz CT molecular complexity index is 420. The van der Waals surface area contributed by atoms with Crippen molar-refractivity contribution in [1.29, 1.82) is 0 Å². The maximum absolute atomic E-state index is 12.2. The second-order valence-corrected chi connectivity index (χ2v) is 7.01. The Labute approximate surface area is 101 Å². The van der Waals surface area contributed by atoms with Crippen molar-refractivity contribution in [3.63, 3.8) is 0 Å². The molecule has 0 radical (unpaired) electrons. The van der Waals surface area contributed by atoms with E-state index in [2.05, 4.69) is 0 Å². The van der Waals surface area contributed by atoms with Crippen molar-refractivity contribution in [3.8, 4) is 0 Å². The van der Waals surface area contributed by atoms with Crippen LogP contribution in [-0.2, 0) is 10.0 Å². The predicted octanol–water partition coefficient (Wildman–Crippen LogP) is 1.42. The minimum Gasteiger partial charge on any atom is -0.329 e. The van der Waals surface area contributed by atoms with Crippen molar-refractivity contribution in [2.24, 2.45) is 5.73 Å². The number of sulfonamides is 1. The topological polar surface area (TPSA) is 63.4 Å². The first-order valence-corrected chi connectivity index (χ1v) is 7.54. The lowest BCUT2D eigenvalue weighted by molar-refractivity contribution is 0.419. The van der Waals surface area contributed by atoms with Gasteiger partial charge in [-0.05, 0) is 25.5 Å². The van der Waals surface area contributed by atoms with E-state index in [1.807, 2.05) is 19.9 Å². The first kappa shape index (κ1) is 13.6. The average molecular weight is 262 g/mol. The lowest BCUT2D eigenvalue weighted by atomic mass is 10.5. The number of aryl methyl sites for hydroxylation is 1. The van der Waals surface area contributed by atoms with E-state index in [9.17, 15) is 8.42 Å². The van der Waals surface area contributed by atoms with E-state index in [1.165, 1.54) is 15.6 Å². The van der Waals surface area contributed by atoms with Crippen LogP contribution in [0.3, 0.4) is 0 Å². The van der Waals surface area contributed by atoms with Gasteiger partial charge in [-0.15, -0.1) is 11.3 Å². The van der Waals surface area contributed by atoms with Gasteiger partial charge in [-0.25, -0.2) is 8.42 Å². The van der Waals surface area contributed by atoms with Crippen molar-refractivity contribution < 1.29 is 8.42 Å². The molecule has 2 N–H and O–H groups in total. The highest BCUT2D eigenvalue weighted by Gasteiger charge is 2.24. The molecule has 0 saturated carbocycles. The number of thiophene rings is 1. The van der Waals surface area contributed by atoms with Crippen LogP contribution in [0.1, 0.15) is 18.2 Å². The zero-order valence-corrected chi connectivity index (χ0v) is 11.3. The van der Waals surface area contributed by atoms with E-state index >= 15 is 0 Å². The fraction of sp³-hybridized carbons (Fsp3) is 0.600. The quantitative estimate of drug-likeness (QED) is 0.843. The van der Waals surface area contributed by atoms with Gasteiger partial charge in [0.15, 0.2) is 0 Å². The first-order valence-electron chi connectivity index (χ1n) is 5.29. The van der Waals surface area contributed by atoms with Gasteiger partial charge in [0, 0.05) is 24.5 Å². The monoisotopic (exact) mass is 262 g/mol. The molecule has 0 fully saturated rings. The van der Waals surface area contributed by atoms with E-state index in [1.54, 1.807) is 6.07 Å². The predicted molar refractivity (Wildman–Crippen MR) is 67.2 cm³/mol. The van der Waals surface area contributed by atoms with Crippen LogP contribution in [0.2, 0.25) is 0 Å². The van der Waals surface area contributed by atoms with Gasteiger partial charge in [-0.3, -0.25) is 0 Å². The van der Waals surface area contributed by atoms with Gasteiger partial charge in [0.2, 0.25) is 0 Å². The number of nitrogens with zero attached hydrogens (tertiary/aromatic N) is 1. The highest BCUT2D eigenvalue weighted by Crippen LogP contribution is 2.24. The Morgan fingerprint density at radius 3 is 2.50 bits per heavy atom. The summed E-state index contributed by atoms with van der Waals surface area (Å²) in [4.78, 5) is 1.00. The third kappa shape index (κ3) is 3.04. The molecule has 0 aliphatic rings. The molecular weight excluding hydrogens is 244 g/mol. The molecule has 16 heavy (non-hydrogen) atoms. The Balaban J connectivity index is 2.97. The molecule has 0 unspecified atom stereocenters. The van der Waals surface area contributed by atoms with E-state index in [-0.39, 0.29) is 0 Å². The second-order valence-electron chi connectivity index (χ2n) is 3.56. The van der Waals surface area contributed by atoms with Crippen LogP contribution in [0.25, 0.3) is 0 Å². The van der Waals surface area contributed by atoms with Gasteiger partial charge in [-0.2, -0.15) is 4.31 Å². The fourth-order valence-electron chi connectivity index (χ4n) is 1.42. The molecule has 1 heterocycles. The largest absolute Gasteiger partial charge is 0.329 e. The minimum absolute atomic E-state index is 0.351. The summed E-state index contributed by atoms with van der Waals surface area (Å²) in [6.45, 7) is 5.11. The second kappa shape index (κ2) is 5.77. The van der Waals surface area contributed by atoms with Crippen molar-refractivity contribution in [2.45, 2.75) is 24.5 Å². The van der Waals surface area contributed by atoms with Crippen LogP contribution in [0.5, 0.6) is 0 Å². The summed E-state index contributed by atoms with van der Waals surface area (Å²) in [5.74, 6) is 0. The van der Waals surface area contributed by atoms with Crippen LogP contribution in [0.15, 0.2) is 16.3 Å². The number of nitrogens with two attached hydrogens (primary N) is 1. The van der Waals surface area contributed by atoms with Crippen molar-refractivity contribution in [1.82, 2.24) is 4.31 Å². The highest BCUT2D eigenvalue weighted by atomic mass is 32.2. The van der Waals surface area contributed by atoms with Gasteiger partial charge >= 0.3 is 0 Å². The van der Waals surface area contributed by atoms with E-state index in [4.69, 9.17) is 5.73 Å². The van der Waals surface area contributed by atoms with Gasteiger partial charge in [0.05, 0.1) is 0 Å². The van der Waals surface area contributed by atoms with E-state index in [0.717, 1.165) is 11.3 Å². The molecule has 4 nitrogen and oxygen atoms in total. The molecule has 0 aromatic carbocycles. The van der Waals surface area contributed by atoms with Crippen LogP contribution in [0, 0.1) is 6.92 Å². The molecule has 6 heteroatoms. The molecule has 1 rings (SSSR count). The van der Waals surface area contributed by atoms with Crippen molar-refractivity contribution >= 4 is 21.4 Å². The van der Waals surface area contributed by atoms with Gasteiger partial charge in [-0.1, -0.05) is 6.92 Å². The summed E-state index contributed by atoms with van der Waals surface area (Å²) in [5, 5.41) is 0. The van der Waals surface area contributed by atoms with E-state index < -0.39 is 10.0 Å². The Morgan fingerprint density at radius 1 is 1.38 bits per heavy atom. The van der Waals surface area contributed by atoms with E-state index in [0.29, 0.717) is 23.8 Å². The zero-order chi connectivity index (χ0) is 12.2. The molecule has 1 aromatic rings. The van der Waals surface area contributed by atoms with Crippen molar-refractivity contribution in [2.75, 3.05) is 19.6 Å². The maximum Gasteiger partial charge on any atom is 0.252 e. The highest BCUT2D eigenvalue weighted by molar-refractivity contribution is 7.91. The lowest BCUT2D eigenvalue weighted by Gasteiger charge is -2.19. The first-order chi connectivity index (χ1) is 7.52. The Kier molecular flexibility index (Phi) is 4.91. The summed E-state index contributed by atoms with van der Waals surface area (Å²) >= 11 is 1.30. The van der Waals surface area contributed by atoms with Gasteiger partial charge in [0.1, 0.15) is 4.21 Å². The molecule has 0 bridgehead atoms. The Hall–Kier alpha value is -0.430. The molecule has 0 saturated heterocycles. The Morgan fingerprint density at radius 2 is 2.06 bits per heavy atom. The molecule has 92 valence electrons. The lowest BCUT2D eigenvalue weighted by Crippen LogP contribution is -2.35. The number of hydrogen-bond acceptors (Lipinski definition) is 4. The van der Waals surface area contributed by atoms with Gasteiger partial charge in [0.25, 0.3) is 10.0 Å². The molecule has 0 aliphatic carbocycles. The smallest absolute Gasteiger partial charge is 0.252 e. The summed E-state index contributed by atoms with van der Waals surface area (Å²) < 4.78 is 26.3. The summed E-state index contributed by atoms with van der Waals surface area (Å²) in [5.41, 5.74) is 5.44. The third-order valence-electron chi connectivity index (χ3n) is 2.16. The summed E-state index contributed by atoms with van der Waals surface area (Å²) in [7, 11) is -3.33. The third-order valence-corrected chi connectivity index (χ3v) is 5.53. The van der Waals surface area contributed by atoms with Gasteiger partial charge < -0.3 is 5.73 Å². The standard InChI is InChI=1S/C10H18N2O2S2/c1-3-7-12(8-6-11)16(13,14)10-5-4-9(2)15-10/h4-5H,3,6-8,11H2,1-2H3. The fourth-order valence-corrected chi connectivity index (χ4v) is 4.41. The maximum atomic E-state index is 12.2. The average Bonchev–Trinajstić information content (AvgIpc) is 2.65.